The van der Waals surface area contributed by atoms with Crippen molar-refractivity contribution in [3.05, 3.63) is 63.9 Å². The molecule has 0 aliphatic rings. The minimum absolute atomic E-state index is 0.340. The summed E-state index contributed by atoms with van der Waals surface area (Å²) in [6.45, 7) is 2.11. The van der Waals surface area contributed by atoms with Crippen molar-refractivity contribution in [1.29, 1.82) is 0 Å². The van der Waals surface area contributed by atoms with Gasteiger partial charge in [0, 0.05) is 22.8 Å². The summed E-state index contributed by atoms with van der Waals surface area (Å²) in [5.74, 6) is 0. The Bertz CT molecular complexity index is 525. The van der Waals surface area contributed by atoms with Crippen LogP contribution in [0.2, 0.25) is 0 Å². The number of nitrogens with zero attached hydrogens (tertiary/aromatic N) is 1. The van der Waals surface area contributed by atoms with Crippen molar-refractivity contribution in [3.63, 3.8) is 0 Å². The van der Waals surface area contributed by atoms with Gasteiger partial charge in [0.15, 0.2) is 0 Å². The number of aromatic nitrogens is 1. The van der Waals surface area contributed by atoms with Crippen LogP contribution in [0.4, 0.5) is 0 Å². The third kappa shape index (κ3) is 4.44. The van der Waals surface area contributed by atoms with Crippen LogP contribution in [0.1, 0.15) is 23.2 Å². The quantitative estimate of drug-likeness (QED) is 0.911. The Morgan fingerprint density at radius 1 is 1.21 bits per heavy atom. The van der Waals surface area contributed by atoms with Crippen molar-refractivity contribution in [2.75, 3.05) is 0 Å². The molecular formula is C16H18BrNO. The maximum absolute atomic E-state index is 10.1. The normalized spacial score (nSPS) is 12.4. The van der Waals surface area contributed by atoms with E-state index in [-0.39, 0.29) is 6.10 Å². The smallest absolute Gasteiger partial charge is 0.0598 e. The SMILES string of the molecule is Cc1ccccc1CCC(O)Cc1ccc(Br)cn1. The molecule has 1 aromatic carbocycles. The number of hydrogen-bond donors (Lipinski definition) is 1. The molecule has 0 saturated heterocycles. The number of benzene rings is 1. The molecular weight excluding hydrogens is 302 g/mol. The maximum Gasteiger partial charge on any atom is 0.0598 e. The van der Waals surface area contributed by atoms with Gasteiger partial charge in [-0.3, -0.25) is 4.98 Å². The van der Waals surface area contributed by atoms with E-state index in [0.29, 0.717) is 6.42 Å². The van der Waals surface area contributed by atoms with E-state index in [1.165, 1.54) is 11.1 Å². The lowest BCUT2D eigenvalue weighted by molar-refractivity contribution is 0.164. The van der Waals surface area contributed by atoms with E-state index in [9.17, 15) is 5.11 Å². The Hall–Kier alpha value is -1.19. The third-order valence-electron chi connectivity index (χ3n) is 3.24. The zero-order chi connectivity index (χ0) is 13.7. The van der Waals surface area contributed by atoms with Gasteiger partial charge < -0.3 is 5.11 Å². The van der Waals surface area contributed by atoms with E-state index in [4.69, 9.17) is 0 Å². The lowest BCUT2D eigenvalue weighted by Gasteiger charge is -2.11. The Kier molecular flexibility index (Phi) is 5.11. The molecule has 0 aliphatic carbocycles. The number of aryl methyl sites for hydroxylation is 2. The van der Waals surface area contributed by atoms with E-state index in [1.807, 2.05) is 24.3 Å². The standard InChI is InChI=1S/C16H18BrNO/c1-12-4-2-3-5-13(12)6-9-16(19)10-15-8-7-14(17)11-18-15/h2-5,7-8,11,16,19H,6,9-10H2,1H3. The van der Waals surface area contributed by atoms with Gasteiger partial charge in [0.05, 0.1) is 6.10 Å². The van der Waals surface area contributed by atoms with E-state index < -0.39 is 0 Å². The molecule has 19 heavy (non-hydrogen) atoms. The largest absolute Gasteiger partial charge is 0.393 e. The van der Waals surface area contributed by atoms with Crippen molar-refractivity contribution in [1.82, 2.24) is 4.98 Å². The minimum Gasteiger partial charge on any atom is -0.393 e. The van der Waals surface area contributed by atoms with Crippen LogP contribution in [-0.2, 0) is 12.8 Å². The van der Waals surface area contributed by atoms with Crippen LogP contribution >= 0.6 is 15.9 Å². The molecule has 2 aromatic rings. The summed E-state index contributed by atoms with van der Waals surface area (Å²) in [4.78, 5) is 4.28. The first-order valence-electron chi connectivity index (χ1n) is 6.48. The molecule has 100 valence electrons. The first kappa shape index (κ1) is 14.2. The molecule has 0 saturated carbocycles. The van der Waals surface area contributed by atoms with Gasteiger partial charge in [-0.05, 0) is 59.0 Å². The van der Waals surface area contributed by atoms with Gasteiger partial charge >= 0.3 is 0 Å². The highest BCUT2D eigenvalue weighted by Gasteiger charge is 2.08. The van der Waals surface area contributed by atoms with Crippen LogP contribution in [0.15, 0.2) is 47.1 Å². The minimum atomic E-state index is -0.340. The average Bonchev–Trinajstić information content (AvgIpc) is 2.40. The summed E-state index contributed by atoms with van der Waals surface area (Å²) >= 11 is 3.36. The van der Waals surface area contributed by atoms with Crippen LogP contribution < -0.4 is 0 Å². The fourth-order valence-corrected chi connectivity index (χ4v) is 2.32. The molecule has 0 aliphatic heterocycles. The Morgan fingerprint density at radius 2 is 2.00 bits per heavy atom. The maximum atomic E-state index is 10.1. The Labute approximate surface area is 122 Å². The van der Waals surface area contributed by atoms with Gasteiger partial charge in [-0.15, -0.1) is 0 Å². The van der Waals surface area contributed by atoms with Crippen LogP contribution in [-0.4, -0.2) is 16.2 Å². The summed E-state index contributed by atoms with van der Waals surface area (Å²) in [5, 5.41) is 10.1. The third-order valence-corrected chi connectivity index (χ3v) is 3.71. The highest BCUT2D eigenvalue weighted by molar-refractivity contribution is 9.10. The number of hydrogen-bond acceptors (Lipinski definition) is 2. The molecule has 1 aromatic heterocycles. The van der Waals surface area contributed by atoms with Crippen LogP contribution in [0.25, 0.3) is 0 Å². The molecule has 0 fully saturated rings. The second-order valence-electron chi connectivity index (χ2n) is 4.79. The second kappa shape index (κ2) is 6.83. The van der Waals surface area contributed by atoms with Crippen LogP contribution in [0.5, 0.6) is 0 Å². The number of pyridine rings is 1. The molecule has 2 nitrogen and oxygen atoms in total. The van der Waals surface area contributed by atoms with Gasteiger partial charge in [-0.25, -0.2) is 0 Å². The van der Waals surface area contributed by atoms with Gasteiger partial charge in [0.1, 0.15) is 0 Å². The molecule has 0 bridgehead atoms. The molecule has 3 heteroatoms. The van der Waals surface area contributed by atoms with E-state index in [2.05, 4.69) is 40.0 Å². The monoisotopic (exact) mass is 319 g/mol. The van der Waals surface area contributed by atoms with Crippen LogP contribution in [0, 0.1) is 6.92 Å². The molecule has 1 atom stereocenters. The molecule has 0 radical (unpaired) electrons. The van der Waals surface area contributed by atoms with Crippen molar-refractivity contribution in [2.45, 2.75) is 32.3 Å². The van der Waals surface area contributed by atoms with Crippen molar-refractivity contribution < 1.29 is 5.11 Å². The summed E-state index contributed by atoms with van der Waals surface area (Å²) in [6, 6.07) is 12.2. The fraction of sp³-hybridized carbons (Fsp3) is 0.312. The first-order chi connectivity index (χ1) is 9.15. The lowest BCUT2D eigenvalue weighted by atomic mass is 10.0. The van der Waals surface area contributed by atoms with Crippen molar-refractivity contribution in [2.24, 2.45) is 0 Å². The van der Waals surface area contributed by atoms with Crippen LogP contribution in [0.3, 0.4) is 0 Å². The highest BCUT2D eigenvalue weighted by atomic mass is 79.9. The van der Waals surface area contributed by atoms with Crippen molar-refractivity contribution in [3.8, 4) is 0 Å². The van der Waals surface area contributed by atoms with Gasteiger partial charge in [0.25, 0.3) is 0 Å². The predicted molar refractivity (Wildman–Crippen MR) is 81.1 cm³/mol. The zero-order valence-corrected chi connectivity index (χ0v) is 12.6. The highest BCUT2D eigenvalue weighted by Crippen LogP contribution is 2.13. The Morgan fingerprint density at radius 3 is 2.68 bits per heavy atom. The summed E-state index contributed by atoms with van der Waals surface area (Å²) in [5.41, 5.74) is 3.53. The van der Waals surface area contributed by atoms with E-state index in [1.54, 1.807) is 6.20 Å². The number of aliphatic hydroxyl groups is 1. The molecule has 1 N–H and O–H groups in total. The first-order valence-corrected chi connectivity index (χ1v) is 7.27. The summed E-state index contributed by atoms with van der Waals surface area (Å²) in [6.07, 6.45) is 3.71. The fourth-order valence-electron chi connectivity index (χ4n) is 2.08. The molecule has 0 spiro atoms. The van der Waals surface area contributed by atoms with Gasteiger partial charge in [0.2, 0.25) is 0 Å². The summed E-state index contributed by atoms with van der Waals surface area (Å²) in [7, 11) is 0. The second-order valence-corrected chi connectivity index (χ2v) is 5.71. The zero-order valence-electron chi connectivity index (χ0n) is 11.0. The molecule has 0 amide bonds. The predicted octanol–water partition coefficient (Wildman–Crippen LogP) is 3.69. The molecule has 1 heterocycles. The van der Waals surface area contributed by atoms with Gasteiger partial charge in [-0.1, -0.05) is 24.3 Å². The lowest BCUT2D eigenvalue weighted by Crippen LogP contribution is -2.12. The average molecular weight is 320 g/mol. The van der Waals surface area contributed by atoms with E-state index >= 15 is 0 Å². The number of halogens is 1. The van der Waals surface area contributed by atoms with Crippen molar-refractivity contribution >= 4 is 15.9 Å². The summed E-state index contributed by atoms with van der Waals surface area (Å²) < 4.78 is 0.964. The number of rotatable bonds is 5. The number of aliphatic hydroxyl groups excluding tert-OH is 1. The topological polar surface area (TPSA) is 33.1 Å². The Balaban J connectivity index is 1.86. The van der Waals surface area contributed by atoms with Gasteiger partial charge in [-0.2, -0.15) is 0 Å². The molecule has 1 unspecified atom stereocenters. The molecule has 2 rings (SSSR count). The van der Waals surface area contributed by atoms with E-state index in [0.717, 1.165) is 23.0 Å².